The molecule has 0 radical (unpaired) electrons. The van der Waals surface area contributed by atoms with E-state index in [1.807, 2.05) is 0 Å². The molecule has 0 aliphatic carbocycles. The van der Waals surface area contributed by atoms with Crippen molar-refractivity contribution < 1.29 is 25.8 Å². The number of halogens is 4. The summed E-state index contributed by atoms with van der Waals surface area (Å²) in [4.78, 5) is -0.401. The third kappa shape index (κ3) is 4.00. The molecule has 0 saturated carbocycles. The fraction of sp³-hybridized carbons (Fsp3) is 0.143. The van der Waals surface area contributed by atoms with E-state index in [1.54, 1.807) is 0 Å². The summed E-state index contributed by atoms with van der Waals surface area (Å²) in [5, 5.41) is 0.259. The average Bonchev–Trinajstić information content (AvgIpc) is 2.45. The van der Waals surface area contributed by atoms with Gasteiger partial charge in [0.1, 0.15) is 0 Å². The summed E-state index contributed by atoms with van der Waals surface area (Å²) < 4.78 is 67.8. The molecule has 2 rings (SSSR count). The van der Waals surface area contributed by atoms with Gasteiger partial charge in [0.05, 0.1) is 4.90 Å². The molecule has 3 nitrogen and oxygen atoms in total. The predicted molar refractivity (Wildman–Crippen MR) is 75.0 cm³/mol. The number of alkyl halides is 3. The Morgan fingerprint density at radius 1 is 0.955 bits per heavy atom. The lowest BCUT2D eigenvalue weighted by Crippen LogP contribution is -2.26. The van der Waals surface area contributed by atoms with E-state index in [1.165, 1.54) is 30.3 Å². The van der Waals surface area contributed by atoms with E-state index in [-0.39, 0.29) is 10.6 Å². The molecule has 0 aliphatic heterocycles. The molecule has 0 aliphatic rings. The Bertz CT molecular complexity index is 728. The molecule has 0 heterocycles. The quantitative estimate of drug-likeness (QED) is 0.770. The molecule has 8 heteroatoms. The molecule has 2 aromatic rings. The van der Waals surface area contributed by atoms with Gasteiger partial charge in [-0.2, -0.15) is 21.6 Å². The lowest BCUT2D eigenvalue weighted by Gasteiger charge is -2.20. The minimum atomic E-state index is -4.87. The maximum Gasteiger partial charge on any atom is 0.420 e. The van der Waals surface area contributed by atoms with E-state index in [0.717, 1.165) is 24.3 Å². The maximum absolute atomic E-state index is 13.1. The van der Waals surface area contributed by atoms with Crippen molar-refractivity contribution >= 4 is 21.7 Å². The molecule has 0 spiro atoms. The lowest BCUT2D eigenvalue weighted by atomic mass is 10.1. The second-order valence-corrected chi connectivity index (χ2v) is 6.35. The van der Waals surface area contributed by atoms with Gasteiger partial charge in [0.15, 0.2) is 6.10 Å². The highest BCUT2D eigenvalue weighted by Gasteiger charge is 2.45. The van der Waals surface area contributed by atoms with E-state index in [4.69, 9.17) is 11.6 Å². The molecule has 2 aromatic carbocycles. The monoisotopic (exact) mass is 350 g/mol. The SMILES string of the molecule is O=S(=O)(OC(c1ccccc1)C(F)(F)F)c1ccc(Cl)cc1. The molecule has 0 fully saturated rings. The topological polar surface area (TPSA) is 43.4 Å². The van der Waals surface area contributed by atoms with Crippen molar-refractivity contribution in [3.05, 3.63) is 65.2 Å². The van der Waals surface area contributed by atoms with Crippen molar-refractivity contribution in [2.24, 2.45) is 0 Å². The summed E-state index contributed by atoms with van der Waals surface area (Å²) in [6, 6.07) is 11.2. The van der Waals surface area contributed by atoms with E-state index < -0.39 is 27.3 Å². The third-order valence-corrected chi connectivity index (χ3v) is 4.27. The third-order valence-electron chi connectivity index (χ3n) is 2.72. The zero-order valence-electron chi connectivity index (χ0n) is 10.9. The fourth-order valence-electron chi connectivity index (χ4n) is 1.71. The Morgan fingerprint density at radius 3 is 2.00 bits per heavy atom. The highest BCUT2D eigenvalue weighted by atomic mass is 35.5. The largest absolute Gasteiger partial charge is 0.420 e. The van der Waals surface area contributed by atoms with Gasteiger partial charge in [-0.05, 0) is 29.8 Å². The van der Waals surface area contributed by atoms with Crippen molar-refractivity contribution in [1.82, 2.24) is 0 Å². The molecular weight excluding hydrogens is 341 g/mol. The van der Waals surface area contributed by atoms with Crippen LogP contribution in [0.15, 0.2) is 59.5 Å². The first kappa shape index (κ1) is 16.8. The van der Waals surface area contributed by atoms with Gasteiger partial charge in [0.25, 0.3) is 10.1 Å². The van der Waals surface area contributed by atoms with Gasteiger partial charge in [-0.1, -0.05) is 41.9 Å². The molecule has 1 atom stereocenters. The van der Waals surface area contributed by atoms with Crippen LogP contribution >= 0.6 is 11.6 Å². The van der Waals surface area contributed by atoms with Gasteiger partial charge in [-0.15, -0.1) is 0 Å². The maximum atomic E-state index is 13.1. The van der Waals surface area contributed by atoms with E-state index >= 15 is 0 Å². The van der Waals surface area contributed by atoms with Gasteiger partial charge in [-0.25, -0.2) is 4.18 Å². The summed E-state index contributed by atoms with van der Waals surface area (Å²) in [6.45, 7) is 0. The predicted octanol–water partition coefficient (Wildman–Crippen LogP) is 4.35. The van der Waals surface area contributed by atoms with Crippen molar-refractivity contribution in [3.63, 3.8) is 0 Å². The number of rotatable bonds is 4. The second-order valence-electron chi connectivity index (χ2n) is 4.34. The minimum Gasteiger partial charge on any atom is -0.248 e. The van der Waals surface area contributed by atoms with Crippen LogP contribution in [0.1, 0.15) is 11.7 Å². The molecule has 22 heavy (non-hydrogen) atoms. The lowest BCUT2D eigenvalue weighted by molar-refractivity contribution is -0.196. The zero-order chi connectivity index (χ0) is 16.4. The van der Waals surface area contributed by atoms with Gasteiger partial charge in [0.2, 0.25) is 0 Å². The Balaban J connectivity index is 2.37. The first-order chi connectivity index (χ1) is 10.2. The molecule has 1 unspecified atom stereocenters. The standard InChI is InChI=1S/C14H10ClF3O3S/c15-11-6-8-12(9-7-11)22(19,20)21-13(14(16,17)18)10-4-2-1-3-5-10/h1-9,13H. The molecule has 0 amide bonds. The first-order valence-electron chi connectivity index (χ1n) is 6.01. The number of benzene rings is 2. The van der Waals surface area contributed by atoms with Crippen LogP contribution in [0, 0.1) is 0 Å². The fourth-order valence-corrected chi connectivity index (χ4v) is 2.89. The highest BCUT2D eigenvalue weighted by Crippen LogP contribution is 2.38. The van der Waals surface area contributed by atoms with E-state index in [9.17, 15) is 21.6 Å². The first-order valence-corrected chi connectivity index (χ1v) is 7.79. The van der Waals surface area contributed by atoms with Gasteiger partial charge in [0, 0.05) is 5.02 Å². The van der Waals surface area contributed by atoms with Crippen LogP contribution in [-0.4, -0.2) is 14.6 Å². The van der Waals surface area contributed by atoms with Gasteiger partial charge >= 0.3 is 6.18 Å². The normalized spacial score (nSPS) is 13.8. The summed E-state index contributed by atoms with van der Waals surface area (Å²) in [5.41, 5.74) is -0.299. The van der Waals surface area contributed by atoms with Crippen LogP contribution in [0.4, 0.5) is 13.2 Å². The molecular formula is C14H10ClF3O3S. The van der Waals surface area contributed by atoms with Crippen molar-refractivity contribution in [2.75, 3.05) is 0 Å². The van der Waals surface area contributed by atoms with Crippen LogP contribution in [-0.2, 0) is 14.3 Å². The Morgan fingerprint density at radius 2 is 1.50 bits per heavy atom. The van der Waals surface area contributed by atoms with Crippen LogP contribution in [0.5, 0.6) is 0 Å². The second kappa shape index (κ2) is 6.28. The molecule has 0 aromatic heterocycles. The van der Waals surface area contributed by atoms with Crippen LogP contribution in [0.3, 0.4) is 0 Å². The Labute approximate surface area is 130 Å². The molecule has 0 N–H and O–H groups in total. The summed E-state index contributed by atoms with van der Waals surface area (Å²) in [5.74, 6) is 0. The van der Waals surface area contributed by atoms with E-state index in [0.29, 0.717) is 0 Å². The van der Waals surface area contributed by atoms with Gasteiger partial charge < -0.3 is 0 Å². The summed E-state index contributed by atoms with van der Waals surface area (Å²) >= 11 is 5.62. The summed E-state index contributed by atoms with van der Waals surface area (Å²) in [7, 11) is -4.59. The van der Waals surface area contributed by atoms with E-state index in [2.05, 4.69) is 4.18 Å². The average molecular weight is 351 g/mol. The van der Waals surface area contributed by atoms with Crippen LogP contribution < -0.4 is 0 Å². The molecule has 0 bridgehead atoms. The van der Waals surface area contributed by atoms with Gasteiger partial charge in [-0.3, -0.25) is 0 Å². The van der Waals surface area contributed by atoms with Crippen LogP contribution in [0.25, 0.3) is 0 Å². The Hall–Kier alpha value is -1.57. The zero-order valence-corrected chi connectivity index (χ0v) is 12.5. The highest BCUT2D eigenvalue weighted by molar-refractivity contribution is 7.86. The Kier molecular flexibility index (Phi) is 4.79. The smallest absolute Gasteiger partial charge is 0.248 e. The number of hydrogen-bond acceptors (Lipinski definition) is 3. The molecule has 118 valence electrons. The van der Waals surface area contributed by atoms with Crippen molar-refractivity contribution in [3.8, 4) is 0 Å². The number of hydrogen-bond donors (Lipinski definition) is 0. The van der Waals surface area contributed by atoms with Crippen LogP contribution in [0.2, 0.25) is 5.02 Å². The van der Waals surface area contributed by atoms with Crippen molar-refractivity contribution in [1.29, 1.82) is 0 Å². The summed E-state index contributed by atoms with van der Waals surface area (Å²) in [6.07, 6.45) is -7.45. The molecule has 0 saturated heterocycles. The van der Waals surface area contributed by atoms with Crippen molar-refractivity contribution in [2.45, 2.75) is 17.2 Å². The minimum absolute atomic E-state index is 0.259.